The zero-order valence-electron chi connectivity index (χ0n) is 13.8. The Morgan fingerprint density at radius 2 is 1.38 bits per heavy atom. The van der Waals surface area contributed by atoms with Gasteiger partial charge in [-0.3, -0.25) is 0 Å². The molecule has 4 nitrogen and oxygen atoms in total. The minimum absolute atomic E-state index is 0.607. The van der Waals surface area contributed by atoms with E-state index in [2.05, 4.69) is 22.1 Å². The van der Waals surface area contributed by atoms with Crippen molar-refractivity contribution in [3.63, 3.8) is 0 Å². The van der Waals surface area contributed by atoms with Gasteiger partial charge in [0.05, 0.1) is 12.4 Å². The quantitative estimate of drug-likeness (QED) is 0.416. The highest BCUT2D eigenvalue weighted by Crippen LogP contribution is 2.36. The first-order valence-electron chi connectivity index (χ1n) is 8.33. The first-order chi connectivity index (χ1) is 12.9. The van der Waals surface area contributed by atoms with E-state index < -0.39 is 0 Å². The normalized spacial score (nSPS) is 11.1. The first kappa shape index (κ1) is 14.7. The van der Waals surface area contributed by atoms with Crippen LogP contribution < -0.4 is 0 Å². The minimum atomic E-state index is 0.607. The molecule has 0 saturated carbocycles. The second-order valence-electron chi connectivity index (χ2n) is 5.94. The van der Waals surface area contributed by atoms with Crippen molar-refractivity contribution in [1.29, 1.82) is 0 Å². The number of aromatic nitrogens is 2. The van der Waals surface area contributed by atoms with Crippen LogP contribution in [0, 0.1) is 0 Å². The predicted octanol–water partition coefficient (Wildman–Crippen LogP) is 5.82. The van der Waals surface area contributed by atoms with Gasteiger partial charge in [0, 0.05) is 16.7 Å². The molecular weight excluding hydrogens is 324 g/mol. The van der Waals surface area contributed by atoms with Crippen LogP contribution in [0.2, 0.25) is 0 Å². The van der Waals surface area contributed by atoms with Crippen LogP contribution in [-0.2, 0) is 0 Å². The molecule has 3 aromatic carbocycles. The monoisotopic (exact) mass is 338 g/mol. The third kappa shape index (κ3) is 2.40. The van der Waals surface area contributed by atoms with E-state index in [4.69, 9.17) is 8.83 Å². The fraction of sp³-hybridized carbons (Fsp3) is 0. The van der Waals surface area contributed by atoms with Crippen molar-refractivity contribution in [2.75, 3.05) is 0 Å². The molecule has 0 spiro atoms. The Kier molecular flexibility index (Phi) is 3.39. The van der Waals surface area contributed by atoms with Crippen molar-refractivity contribution in [2.45, 2.75) is 0 Å². The average molecular weight is 338 g/mol. The first-order valence-corrected chi connectivity index (χ1v) is 8.33. The molecule has 0 fully saturated rings. The summed E-state index contributed by atoms with van der Waals surface area (Å²) in [5, 5.41) is 2.13. The van der Waals surface area contributed by atoms with E-state index in [-0.39, 0.29) is 0 Å². The summed E-state index contributed by atoms with van der Waals surface area (Å²) in [6.07, 6.45) is 5.01. The molecule has 0 bridgehead atoms. The second kappa shape index (κ2) is 6.01. The fourth-order valence-corrected chi connectivity index (χ4v) is 3.17. The minimum Gasteiger partial charge on any atom is -0.445 e. The second-order valence-corrected chi connectivity index (χ2v) is 5.94. The Labute approximate surface area is 149 Å². The van der Waals surface area contributed by atoms with E-state index in [0.29, 0.717) is 11.8 Å². The van der Waals surface area contributed by atoms with Crippen LogP contribution in [0.15, 0.2) is 94.2 Å². The summed E-state index contributed by atoms with van der Waals surface area (Å²) in [5.41, 5.74) is 2.90. The van der Waals surface area contributed by atoms with Crippen LogP contribution in [0.3, 0.4) is 0 Å². The molecule has 0 aliphatic carbocycles. The number of hydrogen-bond donors (Lipinski definition) is 0. The number of fused-ring (bicyclic) bond motifs is 1. The van der Waals surface area contributed by atoms with Crippen molar-refractivity contribution in [1.82, 2.24) is 9.97 Å². The molecular formula is C22H14N2O2. The van der Waals surface area contributed by atoms with Gasteiger partial charge in [-0.25, -0.2) is 9.97 Å². The van der Waals surface area contributed by atoms with Crippen LogP contribution >= 0.6 is 0 Å². The molecule has 0 radical (unpaired) electrons. The van der Waals surface area contributed by atoms with Crippen molar-refractivity contribution >= 4 is 10.8 Å². The molecule has 0 unspecified atom stereocenters. The van der Waals surface area contributed by atoms with Crippen LogP contribution in [0.5, 0.6) is 0 Å². The number of oxazole rings is 2. The van der Waals surface area contributed by atoms with Gasteiger partial charge >= 0.3 is 0 Å². The van der Waals surface area contributed by atoms with E-state index in [1.165, 1.54) is 0 Å². The Bertz CT molecular complexity index is 1180. The zero-order valence-corrected chi connectivity index (χ0v) is 13.8. The summed E-state index contributed by atoms with van der Waals surface area (Å²) >= 11 is 0. The smallest absolute Gasteiger partial charge is 0.226 e. The zero-order chi connectivity index (χ0) is 17.3. The molecule has 0 saturated heterocycles. The summed E-state index contributed by atoms with van der Waals surface area (Å²) < 4.78 is 11.5. The molecule has 5 rings (SSSR count). The van der Waals surface area contributed by atoms with Crippen LogP contribution in [0.1, 0.15) is 0 Å². The molecule has 0 amide bonds. The average Bonchev–Trinajstić information content (AvgIpc) is 3.40. The summed E-state index contributed by atoms with van der Waals surface area (Å²) in [4.78, 5) is 8.72. The van der Waals surface area contributed by atoms with Crippen LogP contribution in [-0.4, -0.2) is 9.97 Å². The molecule has 4 heteroatoms. The maximum atomic E-state index is 6.04. The molecule has 0 N–H and O–H groups in total. The van der Waals surface area contributed by atoms with Gasteiger partial charge in [0.2, 0.25) is 11.8 Å². The molecule has 0 aliphatic rings. The van der Waals surface area contributed by atoms with Crippen molar-refractivity contribution in [2.24, 2.45) is 0 Å². The van der Waals surface area contributed by atoms with Gasteiger partial charge in [0.1, 0.15) is 6.26 Å². The third-order valence-electron chi connectivity index (χ3n) is 4.38. The lowest BCUT2D eigenvalue weighted by atomic mass is 9.98. The number of hydrogen-bond acceptors (Lipinski definition) is 4. The Hall–Kier alpha value is -3.66. The van der Waals surface area contributed by atoms with Gasteiger partial charge in [-0.2, -0.15) is 0 Å². The molecule has 124 valence electrons. The maximum absolute atomic E-state index is 6.04. The van der Waals surface area contributed by atoms with Crippen LogP contribution in [0.4, 0.5) is 0 Å². The molecule has 0 atom stereocenters. The molecule has 5 aromatic rings. The van der Waals surface area contributed by atoms with Crippen molar-refractivity contribution < 1.29 is 8.83 Å². The summed E-state index contributed by atoms with van der Waals surface area (Å²) in [6.45, 7) is 0. The summed E-state index contributed by atoms with van der Waals surface area (Å²) in [7, 11) is 0. The van der Waals surface area contributed by atoms with Crippen molar-refractivity contribution in [3.05, 3.63) is 85.4 Å². The van der Waals surface area contributed by atoms with Gasteiger partial charge in [-0.15, -0.1) is 0 Å². The number of rotatable bonds is 3. The molecule has 2 aromatic heterocycles. The van der Waals surface area contributed by atoms with Crippen molar-refractivity contribution in [3.8, 4) is 34.2 Å². The Morgan fingerprint density at radius 1 is 0.654 bits per heavy atom. The lowest BCUT2D eigenvalue weighted by molar-refractivity contribution is 0.575. The molecule has 2 heterocycles. The summed E-state index contributed by atoms with van der Waals surface area (Å²) in [6, 6.07) is 22.1. The largest absolute Gasteiger partial charge is 0.445 e. The standard InChI is InChI=1S/C22H14N2O2/c1-2-6-15(7-3-1)21-24-14-20(26-21)18-10-11-19(22-23-12-13-25-22)17-9-5-4-8-16(17)18/h1-14H. The van der Waals surface area contributed by atoms with E-state index in [1.54, 1.807) is 18.7 Å². The maximum Gasteiger partial charge on any atom is 0.226 e. The fourth-order valence-electron chi connectivity index (χ4n) is 3.17. The van der Waals surface area contributed by atoms with Gasteiger partial charge in [-0.1, -0.05) is 42.5 Å². The van der Waals surface area contributed by atoms with E-state index in [0.717, 1.165) is 33.2 Å². The highest BCUT2D eigenvalue weighted by atomic mass is 16.4. The van der Waals surface area contributed by atoms with E-state index >= 15 is 0 Å². The SMILES string of the molecule is c1ccc(-c2ncc(-c3ccc(-c4ncco4)c4ccccc34)o2)cc1. The topological polar surface area (TPSA) is 52.1 Å². The van der Waals surface area contributed by atoms with E-state index in [9.17, 15) is 0 Å². The van der Waals surface area contributed by atoms with Gasteiger partial charge in [0.25, 0.3) is 0 Å². The molecule has 0 aliphatic heterocycles. The van der Waals surface area contributed by atoms with Gasteiger partial charge in [0.15, 0.2) is 5.76 Å². The molecule has 26 heavy (non-hydrogen) atoms. The van der Waals surface area contributed by atoms with Crippen LogP contribution in [0.25, 0.3) is 45.0 Å². The lowest BCUT2D eigenvalue weighted by Crippen LogP contribution is -1.85. The number of benzene rings is 3. The van der Waals surface area contributed by atoms with Gasteiger partial charge in [-0.05, 0) is 35.0 Å². The highest BCUT2D eigenvalue weighted by molar-refractivity contribution is 6.03. The third-order valence-corrected chi connectivity index (χ3v) is 4.38. The lowest BCUT2D eigenvalue weighted by Gasteiger charge is -2.07. The highest BCUT2D eigenvalue weighted by Gasteiger charge is 2.15. The summed E-state index contributed by atoms with van der Waals surface area (Å²) in [5.74, 6) is 1.95. The Balaban J connectivity index is 1.67. The van der Waals surface area contributed by atoms with Gasteiger partial charge < -0.3 is 8.83 Å². The Morgan fingerprint density at radius 3 is 2.15 bits per heavy atom. The predicted molar refractivity (Wildman–Crippen MR) is 100 cm³/mol. The number of nitrogens with zero attached hydrogens (tertiary/aromatic N) is 2. The van der Waals surface area contributed by atoms with E-state index in [1.807, 2.05) is 54.6 Å².